The monoisotopic (exact) mass is 670 g/mol. The summed E-state index contributed by atoms with van der Waals surface area (Å²) in [6, 6.07) is -0.843. The number of H-pyrrole nitrogens is 1. The van der Waals surface area contributed by atoms with Gasteiger partial charge in [-0.15, -0.1) is 0 Å². The molecule has 1 fully saturated rings. The van der Waals surface area contributed by atoms with Gasteiger partial charge in [0, 0.05) is 29.6 Å². The SMILES string of the molecule is CCCCCCCCCCCCCCCCCCCCNOP(=O)(OC[C@H]1O[C@@H](n2cc(C)c(=O)[nH]c2=O)C[C@@H]1N=[N+]=[N-])C(=O)O. The normalized spacial score (nSPS) is 19.1. The van der Waals surface area contributed by atoms with Crippen molar-refractivity contribution in [3.05, 3.63) is 43.0 Å². The number of hydrogen-bond donors (Lipinski definition) is 3. The van der Waals surface area contributed by atoms with E-state index in [0.29, 0.717) is 6.54 Å². The summed E-state index contributed by atoms with van der Waals surface area (Å²) < 4.78 is 29.9. The molecule has 1 saturated heterocycles. The smallest absolute Gasteiger partial charge is 0.454 e. The van der Waals surface area contributed by atoms with E-state index in [-0.39, 0.29) is 12.0 Å². The maximum absolute atomic E-state index is 12.9. The third kappa shape index (κ3) is 15.0. The molecule has 1 unspecified atom stereocenters. The largest absolute Gasteiger partial charge is 0.472 e. The Kier molecular flexibility index (Phi) is 19.8. The minimum atomic E-state index is -4.62. The fourth-order valence-corrected chi connectivity index (χ4v) is 6.39. The van der Waals surface area contributed by atoms with Crippen molar-refractivity contribution >= 4 is 13.3 Å². The lowest BCUT2D eigenvalue weighted by molar-refractivity contribution is -0.0261. The molecule has 0 radical (unpaired) electrons. The van der Waals surface area contributed by atoms with Crippen LogP contribution in [0.2, 0.25) is 0 Å². The second kappa shape index (κ2) is 23.0. The molecule has 15 heteroatoms. The summed E-state index contributed by atoms with van der Waals surface area (Å²) in [5.41, 5.74) is 8.64. The molecule has 3 N–H and O–H groups in total. The zero-order chi connectivity index (χ0) is 33.6. The molecule has 1 aliphatic rings. The predicted octanol–water partition coefficient (Wildman–Crippen LogP) is 8.26. The molecule has 14 nitrogen and oxygen atoms in total. The van der Waals surface area contributed by atoms with Crippen molar-refractivity contribution in [2.24, 2.45) is 5.11 Å². The van der Waals surface area contributed by atoms with Gasteiger partial charge in [-0.1, -0.05) is 121 Å². The fraction of sp³-hybridized carbons (Fsp3) is 0.839. The summed E-state index contributed by atoms with van der Waals surface area (Å²) in [6.45, 7) is 3.55. The van der Waals surface area contributed by atoms with E-state index in [1.807, 2.05) is 0 Å². The van der Waals surface area contributed by atoms with Gasteiger partial charge in [0.25, 0.3) is 5.56 Å². The van der Waals surface area contributed by atoms with Crippen molar-refractivity contribution < 1.29 is 28.4 Å². The Balaban J connectivity index is 1.57. The zero-order valence-electron chi connectivity index (χ0n) is 27.7. The summed E-state index contributed by atoms with van der Waals surface area (Å²) in [5.74, 6) is 0. The summed E-state index contributed by atoms with van der Waals surface area (Å²) in [4.78, 5) is 40.6. The number of azide groups is 1. The number of nitrogens with one attached hydrogen (secondary N) is 2. The molecule has 2 heterocycles. The molecule has 1 aromatic heterocycles. The zero-order valence-corrected chi connectivity index (χ0v) is 28.6. The van der Waals surface area contributed by atoms with Crippen LogP contribution in [0, 0.1) is 6.92 Å². The van der Waals surface area contributed by atoms with Gasteiger partial charge < -0.3 is 9.84 Å². The molecule has 0 amide bonds. The van der Waals surface area contributed by atoms with Gasteiger partial charge in [-0.3, -0.25) is 18.9 Å². The number of aryl methyl sites for hydroxylation is 1. The Morgan fingerprint density at radius 3 is 2.04 bits per heavy atom. The van der Waals surface area contributed by atoms with Crippen molar-refractivity contribution in [2.45, 2.75) is 154 Å². The summed E-state index contributed by atoms with van der Waals surface area (Å²) in [6.07, 6.45) is 22.1. The number of hydrogen-bond acceptors (Lipinski definition) is 9. The van der Waals surface area contributed by atoms with E-state index in [9.17, 15) is 24.1 Å². The molecule has 0 bridgehead atoms. The quantitative estimate of drug-likeness (QED) is 0.0206. The van der Waals surface area contributed by atoms with Crippen molar-refractivity contribution in [3.8, 4) is 0 Å². The molecular formula is C31H55N6O8P. The number of hydroxylamine groups is 1. The third-order valence-electron chi connectivity index (χ3n) is 8.32. The maximum atomic E-state index is 12.9. The van der Waals surface area contributed by atoms with Crippen LogP contribution < -0.4 is 16.7 Å². The second-order valence-electron chi connectivity index (χ2n) is 12.2. The molecule has 2 rings (SSSR count). The summed E-state index contributed by atoms with van der Waals surface area (Å²) in [5, 5.41) is 13.1. The minimum Gasteiger partial charge on any atom is -0.472 e. The molecule has 4 atom stereocenters. The highest BCUT2D eigenvalue weighted by atomic mass is 31.2. The molecule has 0 aliphatic carbocycles. The van der Waals surface area contributed by atoms with Crippen molar-refractivity contribution in [2.75, 3.05) is 13.2 Å². The number of aromatic nitrogens is 2. The number of unbranched alkanes of at least 4 members (excludes halogenated alkanes) is 17. The van der Waals surface area contributed by atoms with E-state index in [1.54, 1.807) is 0 Å². The van der Waals surface area contributed by atoms with Crippen LogP contribution in [-0.2, 0) is 18.5 Å². The van der Waals surface area contributed by atoms with Gasteiger partial charge in [-0.05, 0) is 18.9 Å². The number of carbonyl (C=O) groups is 1. The number of nitrogens with zero attached hydrogens (tertiary/aromatic N) is 4. The van der Waals surface area contributed by atoms with E-state index < -0.39 is 49.5 Å². The van der Waals surface area contributed by atoms with Crippen LogP contribution in [0.4, 0.5) is 4.79 Å². The molecule has 0 spiro atoms. The van der Waals surface area contributed by atoms with E-state index in [4.69, 9.17) is 19.4 Å². The molecule has 262 valence electrons. The van der Waals surface area contributed by atoms with Crippen LogP contribution >= 0.6 is 7.60 Å². The molecule has 46 heavy (non-hydrogen) atoms. The Morgan fingerprint density at radius 1 is 1.02 bits per heavy atom. The molecule has 1 aromatic rings. The van der Waals surface area contributed by atoms with Crippen LogP contribution in [0.5, 0.6) is 0 Å². The van der Waals surface area contributed by atoms with Gasteiger partial charge >= 0.3 is 19.0 Å². The second-order valence-corrected chi connectivity index (χ2v) is 14.0. The fourth-order valence-electron chi connectivity index (χ4n) is 5.55. The Bertz CT molecular complexity index is 1230. The van der Waals surface area contributed by atoms with Gasteiger partial charge in [-0.25, -0.2) is 18.8 Å². The van der Waals surface area contributed by atoms with Crippen molar-refractivity contribution in [3.63, 3.8) is 0 Å². The molecule has 1 aliphatic heterocycles. The van der Waals surface area contributed by atoms with Gasteiger partial charge in [0.1, 0.15) is 6.23 Å². The number of rotatable bonds is 27. The Labute approximate surface area is 272 Å². The van der Waals surface area contributed by atoms with E-state index in [0.717, 1.165) is 30.3 Å². The minimum absolute atomic E-state index is 0.0549. The van der Waals surface area contributed by atoms with Gasteiger partial charge in [0.15, 0.2) is 0 Å². The lowest BCUT2D eigenvalue weighted by atomic mass is 10.0. The standard InChI is InChI=1S/C31H55N6O8P/c1-3-4-5-6-7-8-9-10-11-12-13-14-15-16-17-18-19-20-21-33-45-46(42,31(40)41)43-24-27-26(35-36-32)22-28(44-27)37-23-25(2)29(38)34-30(37)39/h23,26-28,33H,3-22,24H2,1-2H3,(H,40,41)(H,34,38,39)/t26-,27+,28+,46?/m0/s1. The van der Waals surface area contributed by atoms with Crippen molar-refractivity contribution in [1.82, 2.24) is 15.0 Å². The topological polar surface area (TPSA) is 198 Å². The Hall–Kier alpha value is -2.47. The lowest BCUT2D eigenvalue weighted by Crippen LogP contribution is -2.33. The van der Waals surface area contributed by atoms with Crippen LogP contribution in [0.25, 0.3) is 10.4 Å². The highest BCUT2D eigenvalue weighted by Gasteiger charge is 2.41. The first-order chi connectivity index (χ1) is 22.2. The first kappa shape index (κ1) is 39.7. The highest BCUT2D eigenvalue weighted by Crippen LogP contribution is 2.48. The van der Waals surface area contributed by atoms with Crippen molar-refractivity contribution in [1.29, 1.82) is 0 Å². The van der Waals surface area contributed by atoms with Gasteiger partial charge in [0.05, 0.1) is 18.8 Å². The number of ether oxygens (including phenoxy) is 1. The van der Waals surface area contributed by atoms with Gasteiger partial charge in [-0.2, -0.15) is 5.48 Å². The van der Waals surface area contributed by atoms with Crippen LogP contribution in [0.3, 0.4) is 0 Å². The third-order valence-corrected chi connectivity index (χ3v) is 9.65. The van der Waals surface area contributed by atoms with E-state index in [2.05, 4.69) is 27.4 Å². The molecular weight excluding hydrogens is 615 g/mol. The summed E-state index contributed by atoms with van der Waals surface area (Å²) >= 11 is 0. The first-order valence-corrected chi connectivity index (χ1v) is 18.7. The maximum Gasteiger partial charge on any atom is 0.454 e. The highest BCUT2D eigenvalue weighted by molar-refractivity contribution is 7.71. The predicted molar refractivity (Wildman–Crippen MR) is 177 cm³/mol. The summed E-state index contributed by atoms with van der Waals surface area (Å²) in [7, 11) is -4.62. The average molecular weight is 671 g/mol. The average Bonchev–Trinajstić information content (AvgIpc) is 3.43. The van der Waals surface area contributed by atoms with Crippen LogP contribution in [-0.4, -0.2) is 45.7 Å². The number of aromatic amines is 1. The Morgan fingerprint density at radius 2 is 1.54 bits per heavy atom. The van der Waals surface area contributed by atoms with Crippen LogP contribution in [0.1, 0.15) is 141 Å². The molecule has 0 saturated carbocycles. The van der Waals surface area contributed by atoms with E-state index >= 15 is 0 Å². The van der Waals surface area contributed by atoms with Crippen LogP contribution in [0.15, 0.2) is 20.9 Å². The van der Waals surface area contributed by atoms with Gasteiger partial charge in [0.2, 0.25) is 0 Å². The van der Waals surface area contributed by atoms with E-state index in [1.165, 1.54) is 103 Å². The first-order valence-electron chi connectivity index (χ1n) is 17.1. The number of carboxylic acid groups (broad SMARTS) is 1. The lowest BCUT2D eigenvalue weighted by Gasteiger charge is -2.19. The molecule has 0 aromatic carbocycles.